The molecule has 3 rings (SSSR count). The Bertz CT molecular complexity index is 1080. The molecule has 35 heavy (non-hydrogen) atoms. The van der Waals surface area contributed by atoms with Crippen molar-refractivity contribution in [2.24, 2.45) is 0 Å². The number of rotatable bonds is 12. The van der Waals surface area contributed by atoms with Gasteiger partial charge in [0.2, 0.25) is 0 Å². The highest BCUT2D eigenvalue weighted by Crippen LogP contribution is 2.52. The topological polar surface area (TPSA) is 12.5 Å². The van der Waals surface area contributed by atoms with Crippen molar-refractivity contribution in [2.75, 3.05) is 13.1 Å². The van der Waals surface area contributed by atoms with Crippen LogP contribution in [0.3, 0.4) is 0 Å². The first-order valence-corrected chi connectivity index (χ1v) is 14.2. The van der Waals surface area contributed by atoms with E-state index in [2.05, 4.69) is 114 Å². The lowest BCUT2D eigenvalue weighted by Gasteiger charge is -2.36. The van der Waals surface area contributed by atoms with Crippen LogP contribution in [0.2, 0.25) is 0 Å². The largest absolute Gasteiger partial charge is 0.488 e. The van der Waals surface area contributed by atoms with E-state index in [1.54, 1.807) is 0 Å². The second-order valence-corrected chi connectivity index (χ2v) is 11.4. The molecule has 0 spiro atoms. The highest BCUT2D eigenvalue weighted by atomic mass is 31.1. The van der Waals surface area contributed by atoms with Crippen molar-refractivity contribution >= 4 is 13.9 Å². The summed E-state index contributed by atoms with van der Waals surface area (Å²) in [5.41, 5.74) is 8.03. The second-order valence-electron chi connectivity index (χ2n) is 9.72. The van der Waals surface area contributed by atoms with Gasteiger partial charge in [0.1, 0.15) is 12.4 Å². The lowest BCUT2D eigenvalue weighted by molar-refractivity contribution is 0.296. The third kappa shape index (κ3) is 6.54. The molecule has 2 nitrogen and oxygen atoms in total. The molecule has 0 aliphatic carbocycles. The first kappa shape index (κ1) is 27.4. The molecule has 0 aromatic heterocycles. The smallest absolute Gasteiger partial charge is 0.126 e. The SMILES string of the molecule is CCN(CC)Cc1cccc(C)c1PC(CC)(CC)c1cc(C)cc(C)c1OCc1ccccc1. The van der Waals surface area contributed by atoms with E-state index < -0.39 is 0 Å². The van der Waals surface area contributed by atoms with Crippen molar-refractivity contribution in [1.82, 2.24) is 4.90 Å². The molecule has 0 heterocycles. The normalized spacial score (nSPS) is 12.1. The second kappa shape index (κ2) is 12.7. The predicted octanol–water partition coefficient (Wildman–Crippen LogP) is 8.05. The Morgan fingerprint density at radius 3 is 2.11 bits per heavy atom. The number of hydrogen-bond acceptors (Lipinski definition) is 2. The summed E-state index contributed by atoms with van der Waals surface area (Å²) >= 11 is 0. The summed E-state index contributed by atoms with van der Waals surface area (Å²) in [6.07, 6.45) is 2.18. The number of aryl methyl sites for hydroxylation is 3. The Morgan fingerprint density at radius 2 is 1.49 bits per heavy atom. The summed E-state index contributed by atoms with van der Waals surface area (Å²) in [7, 11) is 0.697. The molecule has 0 saturated carbocycles. The fraction of sp³-hybridized carbons (Fsp3) is 0.438. The zero-order valence-corrected chi connectivity index (χ0v) is 23.9. The highest BCUT2D eigenvalue weighted by Gasteiger charge is 2.34. The van der Waals surface area contributed by atoms with Gasteiger partial charge in [-0.3, -0.25) is 4.90 Å². The van der Waals surface area contributed by atoms with E-state index in [-0.39, 0.29) is 5.16 Å². The fourth-order valence-corrected chi connectivity index (χ4v) is 6.83. The van der Waals surface area contributed by atoms with Crippen LogP contribution in [0, 0.1) is 20.8 Å². The van der Waals surface area contributed by atoms with Gasteiger partial charge in [-0.15, -0.1) is 0 Å². The highest BCUT2D eigenvalue weighted by molar-refractivity contribution is 7.48. The molecule has 0 bridgehead atoms. The average molecular weight is 490 g/mol. The third-order valence-electron chi connectivity index (χ3n) is 7.38. The van der Waals surface area contributed by atoms with Gasteiger partial charge >= 0.3 is 0 Å². The number of ether oxygens (including phenoxy) is 1. The van der Waals surface area contributed by atoms with Crippen molar-refractivity contribution in [2.45, 2.75) is 79.6 Å². The van der Waals surface area contributed by atoms with Gasteiger partial charge in [0.15, 0.2) is 0 Å². The summed E-state index contributed by atoms with van der Waals surface area (Å²) < 4.78 is 6.61. The fourth-order valence-electron chi connectivity index (χ4n) is 5.07. The Morgan fingerprint density at radius 1 is 0.800 bits per heavy atom. The molecule has 188 valence electrons. The molecular formula is C32H44NOP. The Balaban J connectivity index is 2.06. The molecule has 0 N–H and O–H groups in total. The number of nitrogens with zero attached hydrogens (tertiary/aromatic N) is 1. The molecule has 3 aromatic carbocycles. The van der Waals surface area contributed by atoms with E-state index in [1.165, 1.54) is 38.7 Å². The van der Waals surface area contributed by atoms with Crippen LogP contribution < -0.4 is 10.0 Å². The van der Waals surface area contributed by atoms with Crippen molar-refractivity contribution in [3.05, 3.63) is 94.0 Å². The molecule has 1 atom stereocenters. The predicted molar refractivity (Wildman–Crippen MR) is 155 cm³/mol. The lowest BCUT2D eigenvalue weighted by Crippen LogP contribution is -2.28. The van der Waals surface area contributed by atoms with E-state index in [0.717, 1.165) is 38.2 Å². The zero-order chi connectivity index (χ0) is 25.4. The van der Waals surface area contributed by atoms with Gasteiger partial charge in [-0.1, -0.05) is 103 Å². The van der Waals surface area contributed by atoms with Gasteiger partial charge in [-0.25, -0.2) is 0 Å². The van der Waals surface area contributed by atoms with Gasteiger partial charge in [0, 0.05) is 17.3 Å². The van der Waals surface area contributed by atoms with E-state index in [4.69, 9.17) is 4.74 Å². The molecule has 0 saturated heterocycles. The molecule has 3 aromatic rings. The molecule has 1 unspecified atom stereocenters. The van der Waals surface area contributed by atoms with Crippen LogP contribution in [-0.2, 0) is 18.3 Å². The summed E-state index contributed by atoms with van der Waals surface area (Å²) in [5.74, 6) is 1.08. The maximum absolute atomic E-state index is 6.61. The summed E-state index contributed by atoms with van der Waals surface area (Å²) in [6.45, 7) is 19.7. The molecule has 0 aliphatic rings. The third-order valence-corrected chi connectivity index (χ3v) is 9.80. The monoisotopic (exact) mass is 489 g/mol. The number of benzene rings is 3. The van der Waals surface area contributed by atoms with E-state index in [9.17, 15) is 0 Å². The number of hydrogen-bond donors (Lipinski definition) is 0. The minimum Gasteiger partial charge on any atom is -0.488 e. The molecule has 0 aliphatic heterocycles. The standard InChI is InChI=1S/C32H44NOP/c1-8-32(9-2,35-31-25(6)16-15-19-28(31)22-33(10-3)11-4)29-21-24(5)20-26(7)30(29)34-23-27-17-13-12-14-18-27/h12-21,35H,8-11,22-23H2,1-7H3. The first-order chi connectivity index (χ1) is 16.9. The van der Waals surface area contributed by atoms with Crippen molar-refractivity contribution in [3.63, 3.8) is 0 Å². The minimum atomic E-state index is 0.0485. The van der Waals surface area contributed by atoms with Gasteiger partial charge in [0.05, 0.1) is 0 Å². The Labute approximate surface area is 215 Å². The minimum absolute atomic E-state index is 0.0485. The Hall–Kier alpha value is -2.15. The van der Waals surface area contributed by atoms with Crippen LogP contribution in [-0.4, -0.2) is 18.0 Å². The van der Waals surface area contributed by atoms with Gasteiger partial charge in [-0.05, 0) is 74.3 Å². The van der Waals surface area contributed by atoms with Gasteiger partial charge in [0.25, 0.3) is 0 Å². The Kier molecular flexibility index (Phi) is 9.96. The van der Waals surface area contributed by atoms with Crippen LogP contribution in [0.25, 0.3) is 0 Å². The summed E-state index contributed by atoms with van der Waals surface area (Å²) in [4.78, 5) is 2.52. The van der Waals surface area contributed by atoms with Gasteiger partial charge < -0.3 is 4.74 Å². The maximum Gasteiger partial charge on any atom is 0.126 e. The molecule has 0 radical (unpaired) electrons. The van der Waals surface area contributed by atoms with Crippen LogP contribution in [0.5, 0.6) is 5.75 Å². The average Bonchev–Trinajstić information content (AvgIpc) is 2.87. The van der Waals surface area contributed by atoms with E-state index >= 15 is 0 Å². The van der Waals surface area contributed by atoms with Crippen LogP contribution in [0.4, 0.5) is 0 Å². The molecule has 0 amide bonds. The quantitative estimate of drug-likeness (QED) is 0.239. The first-order valence-electron chi connectivity index (χ1n) is 13.2. The molecular weight excluding hydrogens is 445 g/mol. The van der Waals surface area contributed by atoms with E-state index in [0.29, 0.717) is 15.2 Å². The van der Waals surface area contributed by atoms with Crippen LogP contribution >= 0.6 is 8.58 Å². The summed E-state index contributed by atoms with van der Waals surface area (Å²) in [6, 6.07) is 22.0. The van der Waals surface area contributed by atoms with Crippen LogP contribution in [0.1, 0.15) is 73.9 Å². The van der Waals surface area contributed by atoms with E-state index in [1.807, 2.05) is 0 Å². The van der Waals surface area contributed by atoms with Crippen molar-refractivity contribution in [1.29, 1.82) is 0 Å². The summed E-state index contributed by atoms with van der Waals surface area (Å²) in [5, 5.41) is 1.59. The van der Waals surface area contributed by atoms with Gasteiger partial charge in [-0.2, -0.15) is 0 Å². The maximum atomic E-state index is 6.61. The molecule has 0 fully saturated rings. The van der Waals surface area contributed by atoms with Crippen molar-refractivity contribution < 1.29 is 4.74 Å². The molecule has 3 heteroatoms. The zero-order valence-electron chi connectivity index (χ0n) is 22.9. The lowest BCUT2D eigenvalue weighted by atomic mass is 9.89. The van der Waals surface area contributed by atoms with Crippen molar-refractivity contribution in [3.8, 4) is 5.75 Å². The van der Waals surface area contributed by atoms with Crippen LogP contribution in [0.15, 0.2) is 60.7 Å².